The third-order valence-corrected chi connectivity index (χ3v) is 4.58. The highest BCUT2D eigenvalue weighted by Crippen LogP contribution is 2.24. The SMILES string of the molecule is Cc1ccc(S[C@H](C)C(=O)Nc2cccc(I)c2)cc1. The number of nitrogens with one attached hydrogen (secondary N) is 1. The van der Waals surface area contributed by atoms with Crippen molar-refractivity contribution < 1.29 is 4.79 Å². The predicted octanol–water partition coefficient (Wildman–Crippen LogP) is 4.72. The van der Waals surface area contributed by atoms with Crippen LogP contribution >= 0.6 is 34.4 Å². The second-order valence-corrected chi connectivity index (χ2v) is 7.23. The van der Waals surface area contributed by atoms with Crippen molar-refractivity contribution in [3.63, 3.8) is 0 Å². The number of hydrogen-bond donors (Lipinski definition) is 1. The zero-order valence-electron chi connectivity index (χ0n) is 11.4. The Morgan fingerprint density at radius 3 is 2.55 bits per heavy atom. The predicted molar refractivity (Wildman–Crippen MR) is 94.3 cm³/mol. The number of benzene rings is 2. The number of rotatable bonds is 4. The Hall–Kier alpha value is -1.01. The number of anilines is 1. The van der Waals surface area contributed by atoms with Crippen LogP contribution < -0.4 is 5.32 Å². The highest BCUT2D eigenvalue weighted by molar-refractivity contribution is 14.1. The molecule has 1 N–H and O–H groups in total. The van der Waals surface area contributed by atoms with Crippen LogP contribution in [-0.2, 0) is 4.79 Å². The summed E-state index contributed by atoms with van der Waals surface area (Å²) in [6, 6.07) is 16.0. The van der Waals surface area contributed by atoms with Crippen molar-refractivity contribution in [1.29, 1.82) is 0 Å². The third kappa shape index (κ3) is 4.52. The molecule has 0 fully saturated rings. The number of carbonyl (C=O) groups excluding carboxylic acids is 1. The topological polar surface area (TPSA) is 29.1 Å². The lowest BCUT2D eigenvalue weighted by atomic mass is 10.2. The molecule has 0 unspecified atom stereocenters. The van der Waals surface area contributed by atoms with E-state index in [0.717, 1.165) is 14.2 Å². The maximum atomic E-state index is 12.2. The molecule has 1 amide bonds. The van der Waals surface area contributed by atoms with E-state index in [1.165, 1.54) is 5.56 Å². The van der Waals surface area contributed by atoms with E-state index in [4.69, 9.17) is 0 Å². The van der Waals surface area contributed by atoms with E-state index in [0.29, 0.717) is 0 Å². The minimum Gasteiger partial charge on any atom is -0.325 e. The monoisotopic (exact) mass is 397 g/mol. The normalized spacial score (nSPS) is 11.9. The Morgan fingerprint density at radius 1 is 1.20 bits per heavy atom. The first-order valence-corrected chi connectivity index (χ1v) is 8.30. The van der Waals surface area contributed by atoms with E-state index < -0.39 is 0 Å². The van der Waals surface area contributed by atoms with E-state index in [1.807, 2.05) is 31.2 Å². The molecule has 2 aromatic rings. The van der Waals surface area contributed by atoms with Crippen molar-refractivity contribution in [2.75, 3.05) is 5.32 Å². The molecular formula is C16H16INOS. The zero-order valence-corrected chi connectivity index (χ0v) is 14.4. The second kappa shape index (κ2) is 7.13. The van der Waals surface area contributed by atoms with Crippen LogP contribution in [0.3, 0.4) is 0 Å². The molecule has 0 aliphatic rings. The van der Waals surface area contributed by atoms with Gasteiger partial charge in [0.1, 0.15) is 0 Å². The van der Waals surface area contributed by atoms with Gasteiger partial charge in [-0.25, -0.2) is 0 Å². The van der Waals surface area contributed by atoms with Gasteiger partial charge in [0.2, 0.25) is 5.91 Å². The molecule has 0 saturated carbocycles. The summed E-state index contributed by atoms with van der Waals surface area (Å²) in [7, 11) is 0. The first kappa shape index (κ1) is 15.4. The molecule has 0 bridgehead atoms. The van der Waals surface area contributed by atoms with Crippen molar-refractivity contribution in [3.05, 3.63) is 57.7 Å². The van der Waals surface area contributed by atoms with Gasteiger partial charge in [0.25, 0.3) is 0 Å². The summed E-state index contributed by atoms with van der Waals surface area (Å²) in [5, 5.41) is 2.82. The van der Waals surface area contributed by atoms with Crippen LogP contribution in [0.25, 0.3) is 0 Å². The zero-order chi connectivity index (χ0) is 14.5. The molecule has 2 aromatic carbocycles. The summed E-state index contributed by atoms with van der Waals surface area (Å²) in [6.07, 6.45) is 0. The lowest BCUT2D eigenvalue weighted by Crippen LogP contribution is -2.22. The summed E-state index contributed by atoms with van der Waals surface area (Å²) >= 11 is 3.80. The van der Waals surface area contributed by atoms with Crippen LogP contribution in [-0.4, -0.2) is 11.2 Å². The second-order valence-electron chi connectivity index (χ2n) is 4.57. The van der Waals surface area contributed by atoms with Gasteiger partial charge in [-0.3, -0.25) is 4.79 Å². The molecule has 0 heterocycles. The van der Waals surface area contributed by atoms with Gasteiger partial charge >= 0.3 is 0 Å². The third-order valence-electron chi connectivity index (χ3n) is 2.80. The number of hydrogen-bond acceptors (Lipinski definition) is 2. The van der Waals surface area contributed by atoms with Crippen LogP contribution in [0, 0.1) is 10.5 Å². The van der Waals surface area contributed by atoms with Gasteiger partial charge < -0.3 is 5.32 Å². The van der Waals surface area contributed by atoms with E-state index in [2.05, 4.69) is 59.1 Å². The van der Waals surface area contributed by atoms with Crippen molar-refractivity contribution in [2.24, 2.45) is 0 Å². The first-order chi connectivity index (χ1) is 9.54. The number of thioether (sulfide) groups is 1. The summed E-state index contributed by atoms with van der Waals surface area (Å²) < 4.78 is 1.11. The molecule has 2 nitrogen and oxygen atoms in total. The fourth-order valence-electron chi connectivity index (χ4n) is 1.68. The maximum absolute atomic E-state index is 12.2. The smallest absolute Gasteiger partial charge is 0.237 e. The Bertz CT molecular complexity index is 598. The molecule has 0 aliphatic carbocycles. The molecular weight excluding hydrogens is 381 g/mol. The van der Waals surface area contributed by atoms with Gasteiger partial charge in [0.05, 0.1) is 5.25 Å². The van der Waals surface area contributed by atoms with Crippen LogP contribution in [0.1, 0.15) is 12.5 Å². The van der Waals surface area contributed by atoms with Crippen molar-refractivity contribution in [3.8, 4) is 0 Å². The standard InChI is InChI=1S/C16H16INOS/c1-11-6-8-15(9-7-11)20-12(2)16(19)18-14-5-3-4-13(17)10-14/h3-10,12H,1-2H3,(H,18,19)/t12-/m1/s1. The molecule has 20 heavy (non-hydrogen) atoms. The largest absolute Gasteiger partial charge is 0.325 e. The summed E-state index contributed by atoms with van der Waals surface area (Å²) in [6.45, 7) is 3.98. The number of aryl methyl sites for hydroxylation is 1. The highest BCUT2D eigenvalue weighted by Gasteiger charge is 2.14. The van der Waals surface area contributed by atoms with Gasteiger partial charge in [-0.2, -0.15) is 0 Å². The van der Waals surface area contributed by atoms with Gasteiger partial charge in [-0.15, -0.1) is 11.8 Å². The number of amides is 1. The van der Waals surface area contributed by atoms with Crippen LogP contribution in [0.2, 0.25) is 0 Å². The minimum absolute atomic E-state index is 0.0255. The Morgan fingerprint density at radius 2 is 1.90 bits per heavy atom. The molecule has 2 rings (SSSR count). The number of carbonyl (C=O) groups is 1. The molecule has 0 aliphatic heterocycles. The van der Waals surface area contributed by atoms with Crippen LogP contribution in [0.5, 0.6) is 0 Å². The van der Waals surface area contributed by atoms with E-state index in [-0.39, 0.29) is 11.2 Å². The maximum Gasteiger partial charge on any atom is 0.237 e. The fraction of sp³-hybridized carbons (Fsp3) is 0.188. The molecule has 0 saturated heterocycles. The lowest BCUT2D eigenvalue weighted by molar-refractivity contribution is -0.115. The van der Waals surface area contributed by atoms with E-state index >= 15 is 0 Å². The Labute approximate surface area is 137 Å². The van der Waals surface area contributed by atoms with Crippen molar-refractivity contribution >= 4 is 45.9 Å². The molecule has 0 aromatic heterocycles. The van der Waals surface area contributed by atoms with Gasteiger partial charge in [-0.05, 0) is 66.8 Å². The molecule has 0 spiro atoms. The van der Waals surface area contributed by atoms with Crippen molar-refractivity contribution in [2.45, 2.75) is 24.0 Å². The summed E-state index contributed by atoms with van der Waals surface area (Å²) in [5.74, 6) is 0.0255. The molecule has 104 valence electrons. The quantitative estimate of drug-likeness (QED) is 0.598. The first-order valence-electron chi connectivity index (χ1n) is 6.34. The van der Waals surface area contributed by atoms with Gasteiger partial charge in [0.15, 0.2) is 0 Å². The van der Waals surface area contributed by atoms with Gasteiger partial charge in [-0.1, -0.05) is 23.8 Å². The van der Waals surface area contributed by atoms with Crippen LogP contribution in [0.4, 0.5) is 5.69 Å². The number of halogens is 1. The lowest BCUT2D eigenvalue weighted by Gasteiger charge is -2.12. The molecule has 1 atom stereocenters. The summed E-state index contributed by atoms with van der Waals surface area (Å²) in [4.78, 5) is 13.3. The van der Waals surface area contributed by atoms with E-state index in [9.17, 15) is 4.79 Å². The molecule has 4 heteroatoms. The average Bonchev–Trinajstić information content (AvgIpc) is 2.41. The fourth-order valence-corrected chi connectivity index (χ4v) is 3.10. The van der Waals surface area contributed by atoms with Crippen molar-refractivity contribution in [1.82, 2.24) is 0 Å². The minimum atomic E-state index is -0.129. The summed E-state index contributed by atoms with van der Waals surface area (Å²) in [5.41, 5.74) is 2.07. The molecule has 0 radical (unpaired) electrons. The Kier molecular flexibility index (Phi) is 5.48. The average molecular weight is 397 g/mol. The highest BCUT2D eigenvalue weighted by atomic mass is 127. The van der Waals surface area contributed by atoms with Gasteiger partial charge in [0, 0.05) is 14.2 Å². The van der Waals surface area contributed by atoms with E-state index in [1.54, 1.807) is 11.8 Å². The Balaban J connectivity index is 1.96. The van der Waals surface area contributed by atoms with Crippen LogP contribution in [0.15, 0.2) is 53.4 Å².